The number of carbonyl (C=O) groups excluding carboxylic acids is 1. The molecule has 0 amide bonds. The quantitative estimate of drug-likeness (QED) is 0.377. The summed E-state index contributed by atoms with van der Waals surface area (Å²) in [5, 5.41) is -1.33. The molecule has 0 radical (unpaired) electrons. The van der Waals surface area contributed by atoms with E-state index in [1.807, 2.05) is 13.8 Å². The van der Waals surface area contributed by atoms with E-state index in [0.29, 0.717) is 6.42 Å². The molecule has 14 heavy (non-hydrogen) atoms. The maximum Gasteiger partial charge on any atom is 0.357 e. The van der Waals surface area contributed by atoms with Crippen LogP contribution in [0.4, 0.5) is 0 Å². The van der Waals surface area contributed by atoms with Crippen LogP contribution >= 0.6 is 11.6 Å². The predicted octanol–water partition coefficient (Wildman–Crippen LogP) is 1.06. The van der Waals surface area contributed by atoms with Gasteiger partial charge in [-0.3, -0.25) is 0 Å². The van der Waals surface area contributed by atoms with Crippen LogP contribution in [-0.4, -0.2) is 35.9 Å². The Morgan fingerprint density at radius 2 is 2.21 bits per heavy atom. The normalized spacial score (nSPS) is 50.9. The fraction of sp³-hybridized carbons (Fsp3) is 0.889. The third kappa shape index (κ3) is 1.05. The first-order valence-electron chi connectivity index (χ1n) is 4.59. The van der Waals surface area contributed by atoms with Crippen LogP contribution in [-0.2, 0) is 19.0 Å². The van der Waals surface area contributed by atoms with Crippen molar-refractivity contribution in [3.63, 3.8) is 0 Å². The minimum atomic E-state index is -1.33. The number of ether oxygens (including phenoxy) is 3. The van der Waals surface area contributed by atoms with Crippen LogP contribution in [0.2, 0.25) is 0 Å². The van der Waals surface area contributed by atoms with Gasteiger partial charge in [-0.15, -0.1) is 0 Å². The molecular formula is C9H13ClO4. The third-order valence-corrected chi connectivity index (χ3v) is 3.51. The maximum absolute atomic E-state index is 11.4. The summed E-state index contributed by atoms with van der Waals surface area (Å²) in [6.07, 6.45) is 0.525. The molecule has 0 bridgehead atoms. The van der Waals surface area contributed by atoms with Gasteiger partial charge in [0.15, 0.2) is 5.60 Å². The van der Waals surface area contributed by atoms with Crippen molar-refractivity contribution in [2.24, 2.45) is 0 Å². The van der Waals surface area contributed by atoms with Crippen molar-refractivity contribution in [1.82, 2.24) is 0 Å². The van der Waals surface area contributed by atoms with Crippen molar-refractivity contribution >= 4 is 17.6 Å². The van der Waals surface area contributed by atoms with Crippen LogP contribution in [0, 0.1) is 0 Å². The fourth-order valence-corrected chi connectivity index (χ4v) is 2.63. The SMILES string of the molecule is COC(=O)C1(Cl)OC12CC(C)OC2C. The van der Waals surface area contributed by atoms with E-state index in [1.54, 1.807) is 0 Å². The van der Waals surface area contributed by atoms with Crippen molar-refractivity contribution in [3.8, 4) is 0 Å². The highest BCUT2D eigenvalue weighted by molar-refractivity contribution is 6.36. The van der Waals surface area contributed by atoms with Gasteiger partial charge in [0.25, 0.3) is 5.06 Å². The van der Waals surface area contributed by atoms with Gasteiger partial charge >= 0.3 is 5.97 Å². The monoisotopic (exact) mass is 220 g/mol. The van der Waals surface area contributed by atoms with Gasteiger partial charge in [-0.2, -0.15) is 0 Å². The highest BCUT2D eigenvalue weighted by atomic mass is 35.5. The molecule has 0 aromatic heterocycles. The average molecular weight is 221 g/mol. The van der Waals surface area contributed by atoms with Gasteiger partial charge < -0.3 is 14.2 Å². The number of esters is 1. The maximum atomic E-state index is 11.4. The van der Waals surface area contributed by atoms with Crippen LogP contribution in [0.1, 0.15) is 20.3 Å². The molecule has 80 valence electrons. The smallest absolute Gasteiger partial charge is 0.357 e. The number of hydrogen-bond acceptors (Lipinski definition) is 4. The van der Waals surface area contributed by atoms with Crippen molar-refractivity contribution in [3.05, 3.63) is 0 Å². The molecule has 2 rings (SSSR count). The molecule has 4 nitrogen and oxygen atoms in total. The number of carbonyl (C=O) groups is 1. The van der Waals surface area contributed by atoms with E-state index in [2.05, 4.69) is 4.74 Å². The molecular weight excluding hydrogens is 208 g/mol. The summed E-state index contributed by atoms with van der Waals surface area (Å²) in [5.41, 5.74) is -0.679. The van der Waals surface area contributed by atoms with E-state index >= 15 is 0 Å². The minimum Gasteiger partial charge on any atom is -0.466 e. The van der Waals surface area contributed by atoms with E-state index in [9.17, 15) is 4.79 Å². The lowest BCUT2D eigenvalue weighted by atomic mass is 9.96. The molecule has 2 fully saturated rings. The second-order valence-corrected chi connectivity index (χ2v) is 4.40. The van der Waals surface area contributed by atoms with Gasteiger partial charge in [0.05, 0.1) is 19.3 Å². The van der Waals surface area contributed by atoms with Crippen LogP contribution in [0.3, 0.4) is 0 Å². The predicted molar refractivity (Wildman–Crippen MR) is 49.0 cm³/mol. The Bertz CT molecular complexity index is 282. The Morgan fingerprint density at radius 3 is 2.64 bits per heavy atom. The number of halogens is 1. The highest BCUT2D eigenvalue weighted by Crippen LogP contribution is 2.60. The van der Waals surface area contributed by atoms with Gasteiger partial charge in [0, 0.05) is 6.42 Å². The standard InChI is InChI=1S/C9H13ClO4/c1-5-4-8(6(2)13-5)9(10,14-8)7(11)12-3/h5-6H,4H2,1-3H3. The van der Waals surface area contributed by atoms with Gasteiger partial charge in [0.1, 0.15) is 0 Å². The Hall–Kier alpha value is -0.320. The average Bonchev–Trinajstić information content (AvgIpc) is 2.61. The molecule has 2 saturated heterocycles. The number of hydrogen-bond donors (Lipinski definition) is 0. The van der Waals surface area contributed by atoms with Crippen molar-refractivity contribution in [1.29, 1.82) is 0 Å². The van der Waals surface area contributed by atoms with Crippen LogP contribution in [0.5, 0.6) is 0 Å². The Balaban J connectivity index is 2.19. The molecule has 0 aromatic rings. The Kier molecular flexibility index (Phi) is 2.07. The van der Waals surface area contributed by atoms with E-state index in [0.717, 1.165) is 0 Å². The zero-order valence-electron chi connectivity index (χ0n) is 8.37. The summed E-state index contributed by atoms with van der Waals surface area (Å²) in [6, 6.07) is 0. The van der Waals surface area contributed by atoms with Gasteiger partial charge in [-0.25, -0.2) is 4.79 Å². The van der Waals surface area contributed by atoms with Crippen LogP contribution in [0.25, 0.3) is 0 Å². The lowest BCUT2D eigenvalue weighted by Crippen LogP contribution is -2.35. The second-order valence-electron chi connectivity index (χ2n) is 3.87. The summed E-state index contributed by atoms with van der Waals surface area (Å²) in [6.45, 7) is 3.79. The fourth-order valence-electron chi connectivity index (χ4n) is 2.19. The van der Waals surface area contributed by atoms with Crippen LogP contribution in [0.15, 0.2) is 0 Å². The second kappa shape index (κ2) is 2.84. The lowest BCUT2D eigenvalue weighted by Gasteiger charge is -2.10. The Labute approximate surface area is 87.5 Å². The molecule has 0 saturated carbocycles. The Morgan fingerprint density at radius 1 is 1.57 bits per heavy atom. The summed E-state index contributed by atoms with van der Waals surface area (Å²) in [4.78, 5) is 11.4. The molecule has 5 heteroatoms. The summed E-state index contributed by atoms with van der Waals surface area (Å²) >= 11 is 6.04. The molecule has 1 spiro atoms. The minimum absolute atomic E-state index is 0.0651. The number of alkyl halides is 1. The molecule has 4 unspecified atom stereocenters. The first kappa shape index (κ1) is 10.2. The molecule has 2 aliphatic rings. The van der Waals surface area contributed by atoms with Crippen molar-refractivity contribution in [2.75, 3.05) is 7.11 Å². The molecule has 4 atom stereocenters. The summed E-state index contributed by atoms with van der Waals surface area (Å²) in [5.74, 6) is -0.538. The number of methoxy groups -OCH3 is 1. The van der Waals surface area contributed by atoms with E-state index in [-0.39, 0.29) is 12.2 Å². The molecule has 0 N–H and O–H groups in total. The lowest BCUT2D eigenvalue weighted by molar-refractivity contribution is -0.143. The summed E-state index contributed by atoms with van der Waals surface area (Å²) in [7, 11) is 1.30. The molecule has 2 heterocycles. The highest BCUT2D eigenvalue weighted by Gasteiger charge is 2.80. The van der Waals surface area contributed by atoms with E-state index < -0.39 is 16.6 Å². The number of rotatable bonds is 1. The number of epoxide rings is 1. The van der Waals surface area contributed by atoms with E-state index in [1.165, 1.54) is 7.11 Å². The van der Waals surface area contributed by atoms with Gasteiger partial charge in [-0.05, 0) is 13.8 Å². The van der Waals surface area contributed by atoms with E-state index in [4.69, 9.17) is 21.1 Å². The van der Waals surface area contributed by atoms with Crippen molar-refractivity contribution in [2.45, 2.75) is 43.1 Å². The zero-order valence-corrected chi connectivity index (χ0v) is 9.13. The largest absolute Gasteiger partial charge is 0.466 e. The first-order valence-corrected chi connectivity index (χ1v) is 4.97. The first-order chi connectivity index (χ1) is 6.46. The molecule has 2 aliphatic heterocycles. The van der Waals surface area contributed by atoms with Gasteiger partial charge in [0.2, 0.25) is 0 Å². The topological polar surface area (TPSA) is 48.1 Å². The molecule has 0 aliphatic carbocycles. The molecule has 0 aromatic carbocycles. The van der Waals surface area contributed by atoms with Crippen molar-refractivity contribution < 1.29 is 19.0 Å². The van der Waals surface area contributed by atoms with Gasteiger partial charge in [-0.1, -0.05) is 11.6 Å². The zero-order chi connectivity index (χ0) is 10.6. The van der Waals surface area contributed by atoms with Crippen LogP contribution < -0.4 is 0 Å². The summed E-state index contributed by atoms with van der Waals surface area (Å²) < 4.78 is 15.5. The third-order valence-electron chi connectivity index (χ3n) is 2.96.